The molecule has 26 heavy (non-hydrogen) atoms. The van der Waals surface area contributed by atoms with Crippen LogP contribution in [0.25, 0.3) is 16.5 Å². The number of aromatic nitrogens is 2. The fraction of sp³-hybridized carbons (Fsp3) is 0.0455. The van der Waals surface area contributed by atoms with Crippen LogP contribution in [0.15, 0.2) is 85.8 Å². The van der Waals surface area contributed by atoms with E-state index in [1.807, 2.05) is 60.9 Å². The lowest BCUT2D eigenvalue weighted by molar-refractivity contribution is 1.01. The summed E-state index contributed by atoms with van der Waals surface area (Å²) in [5.41, 5.74) is 5.15. The number of nitrogens with one attached hydrogen (secondary N) is 2. The Bertz CT molecular complexity index is 1050. The van der Waals surface area contributed by atoms with Crippen molar-refractivity contribution in [2.75, 3.05) is 5.32 Å². The lowest BCUT2D eigenvalue weighted by Crippen LogP contribution is -2.12. The van der Waals surface area contributed by atoms with Crippen LogP contribution < -0.4 is 5.32 Å². The minimum Gasteiger partial charge on any atom is -0.374 e. The van der Waals surface area contributed by atoms with Gasteiger partial charge >= 0.3 is 0 Å². The molecule has 0 aliphatic rings. The lowest BCUT2D eigenvalue weighted by Gasteiger charge is -2.23. The number of benzene rings is 2. The molecule has 4 heteroatoms. The van der Waals surface area contributed by atoms with Gasteiger partial charge in [-0.25, -0.2) is 0 Å². The van der Waals surface area contributed by atoms with Gasteiger partial charge in [0, 0.05) is 45.8 Å². The standard InChI is InChI=1S/C22H18ClN3/c1-15(19-14-25-21-10-11-24-13-20(19)21)22(16-6-3-2-4-7-16)26-18-9-5-8-17(23)12-18/h2-14,22,25-26H,1H2. The fourth-order valence-corrected chi connectivity index (χ4v) is 3.34. The Morgan fingerprint density at radius 1 is 1.08 bits per heavy atom. The second-order valence-corrected chi connectivity index (χ2v) is 6.58. The van der Waals surface area contributed by atoms with Crippen molar-refractivity contribution in [1.29, 1.82) is 0 Å². The Morgan fingerprint density at radius 3 is 2.73 bits per heavy atom. The molecule has 0 radical (unpaired) electrons. The molecule has 0 saturated heterocycles. The molecule has 3 nitrogen and oxygen atoms in total. The number of hydrogen-bond acceptors (Lipinski definition) is 2. The van der Waals surface area contributed by atoms with Crippen molar-refractivity contribution < 1.29 is 0 Å². The number of H-pyrrole nitrogens is 1. The SMILES string of the molecule is C=C(c1c[nH]c2ccncc12)C(Nc1cccc(Cl)c1)c1ccccc1. The van der Waals surface area contributed by atoms with Crippen LogP contribution in [0.5, 0.6) is 0 Å². The Labute approximate surface area is 157 Å². The number of hydrogen-bond donors (Lipinski definition) is 2. The fourth-order valence-electron chi connectivity index (χ4n) is 3.15. The number of nitrogens with zero attached hydrogens (tertiary/aromatic N) is 1. The van der Waals surface area contributed by atoms with Crippen LogP contribution in [0, 0.1) is 0 Å². The predicted molar refractivity (Wildman–Crippen MR) is 109 cm³/mol. The molecule has 1 unspecified atom stereocenters. The summed E-state index contributed by atoms with van der Waals surface area (Å²) in [6.45, 7) is 4.40. The van der Waals surface area contributed by atoms with Gasteiger partial charge in [-0.1, -0.05) is 54.6 Å². The average molecular weight is 360 g/mol. The molecule has 1 atom stereocenters. The lowest BCUT2D eigenvalue weighted by atomic mass is 9.94. The molecular weight excluding hydrogens is 342 g/mol. The van der Waals surface area contributed by atoms with Gasteiger partial charge in [0.25, 0.3) is 0 Å². The van der Waals surface area contributed by atoms with E-state index in [1.54, 1.807) is 6.20 Å². The third kappa shape index (κ3) is 3.22. The van der Waals surface area contributed by atoms with Gasteiger partial charge in [0.05, 0.1) is 6.04 Å². The highest BCUT2D eigenvalue weighted by atomic mass is 35.5. The molecule has 0 bridgehead atoms. The number of anilines is 1. The monoisotopic (exact) mass is 359 g/mol. The summed E-state index contributed by atoms with van der Waals surface area (Å²) in [7, 11) is 0. The average Bonchev–Trinajstić information content (AvgIpc) is 3.10. The summed E-state index contributed by atoms with van der Waals surface area (Å²) in [4.78, 5) is 7.56. The summed E-state index contributed by atoms with van der Waals surface area (Å²) in [5.74, 6) is 0. The van der Waals surface area contributed by atoms with Crippen molar-refractivity contribution in [2.45, 2.75) is 6.04 Å². The van der Waals surface area contributed by atoms with Gasteiger partial charge in [-0.3, -0.25) is 4.98 Å². The molecule has 0 aliphatic carbocycles. The topological polar surface area (TPSA) is 40.7 Å². The summed E-state index contributed by atoms with van der Waals surface area (Å²) in [5, 5.41) is 5.33. The second kappa shape index (κ2) is 7.06. The molecule has 0 saturated carbocycles. The Hall–Kier alpha value is -3.04. The zero-order valence-electron chi connectivity index (χ0n) is 14.1. The molecule has 2 heterocycles. The van der Waals surface area contributed by atoms with E-state index in [0.29, 0.717) is 5.02 Å². The molecule has 2 aromatic heterocycles. The number of pyridine rings is 1. The Kier molecular flexibility index (Phi) is 4.46. The molecular formula is C22H18ClN3. The zero-order valence-corrected chi connectivity index (χ0v) is 14.9. The zero-order chi connectivity index (χ0) is 17.9. The van der Waals surface area contributed by atoms with E-state index in [9.17, 15) is 0 Å². The van der Waals surface area contributed by atoms with E-state index in [2.05, 4.69) is 34.0 Å². The smallest absolute Gasteiger partial charge is 0.0768 e. The van der Waals surface area contributed by atoms with E-state index < -0.39 is 0 Å². The number of rotatable bonds is 5. The van der Waals surface area contributed by atoms with Gasteiger partial charge < -0.3 is 10.3 Å². The Balaban J connectivity index is 1.76. The minimum atomic E-state index is -0.0890. The highest BCUT2D eigenvalue weighted by Gasteiger charge is 2.19. The third-order valence-electron chi connectivity index (χ3n) is 4.45. The van der Waals surface area contributed by atoms with Gasteiger partial charge in [0.1, 0.15) is 0 Å². The predicted octanol–water partition coefficient (Wildman–Crippen LogP) is 6.08. The Morgan fingerprint density at radius 2 is 1.92 bits per heavy atom. The van der Waals surface area contributed by atoms with Crippen LogP contribution in [0.2, 0.25) is 5.02 Å². The van der Waals surface area contributed by atoms with Gasteiger partial charge in [-0.05, 0) is 35.4 Å². The molecule has 0 aliphatic heterocycles. The quantitative estimate of drug-likeness (QED) is 0.453. The van der Waals surface area contributed by atoms with Gasteiger partial charge in [-0.15, -0.1) is 0 Å². The van der Waals surface area contributed by atoms with E-state index in [-0.39, 0.29) is 6.04 Å². The normalized spacial score (nSPS) is 12.0. The van der Waals surface area contributed by atoms with Gasteiger partial charge in [0.15, 0.2) is 0 Å². The van der Waals surface area contributed by atoms with Crippen LogP contribution in [-0.2, 0) is 0 Å². The molecule has 0 spiro atoms. The maximum Gasteiger partial charge on any atom is 0.0768 e. The van der Waals surface area contributed by atoms with Crippen LogP contribution in [0.4, 0.5) is 5.69 Å². The third-order valence-corrected chi connectivity index (χ3v) is 4.68. The summed E-state index contributed by atoms with van der Waals surface area (Å²) >= 11 is 6.16. The first-order valence-electron chi connectivity index (χ1n) is 8.40. The number of halogens is 1. The van der Waals surface area contributed by atoms with Crippen molar-refractivity contribution in [1.82, 2.24) is 9.97 Å². The van der Waals surface area contributed by atoms with Crippen LogP contribution in [-0.4, -0.2) is 9.97 Å². The van der Waals surface area contributed by atoms with Crippen molar-refractivity contribution in [3.63, 3.8) is 0 Å². The molecule has 2 aromatic carbocycles. The molecule has 4 rings (SSSR count). The minimum absolute atomic E-state index is 0.0890. The van der Waals surface area contributed by atoms with E-state index in [4.69, 9.17) is 11.6 Å². The van der Waals surface area contributed by atoms with Crippen molar-refractivity contribution in [3.8, 4) is 0 Å². The van der Waals surface area contributed by atoms with Crippen molar-refractivity contribution in [2.24, 2.45) is 0 Å². The first-order valence-corrected chi connectivity index (χ1v) is 8.77. The summed E-state index contributed by atoms with van der Waals surface area (Å²) < 4.78 is 0. The molecule has 128 valence electrons. The van der Waals surface area contributed by atoms with E-state index in [0.717, 1.165) is 33.3 Å². The number of fused-ring (bicyclic) bond motifs is 1. The molecule has 4 aromatic rings. The first kappa shape index (κ1) is 16.4. The highest BCUT2D eigenvalue weighted by Crippen LogP contribution is 2.35. The maximum atomic E-state index is 6.16. The van der Waals surface area contributed by atoms with Crippen LogP contribution in [0.1, 0.15) is 17.2 Å². The highest BCUT2D eigenvalue weighted by molar-refractivity contribution is 6.30. The van der Waals surface area contributed by atoms with E-state index >= 15 is 0 Å². The largest absolute Gasteiger partial charge is 0.374 e. The first-order chi connectivity index (χ1) is 12.7. The van der Waals surface area contributed by atoms with Crippen molar-refractivity contribution in [3.05, 3.63) is 102 Å². The maximum absolute atomic E-state index is 6.16. The second-order valence-electron chi connectivity index (χ2n) is 6.15. The summed E-state index contributed by atoms with van der Waals surface area (Å²) in [6.07, 6.45) is 5.64. The molecule has 0 amide bonds. The molecule has 2 N–H and O–H groups in total. The molecule has 0 fully saturated rings. The van der Waals surface area contributed by atoms with E-state index in [1.165, 1.54) is 0 Å². The van der Waals surface area contributed by atoms with Gasteiger partial charge in [-0.2, -0.15) is 0 Å². The van der Waals surface area contributed by atoms with Crippen LogP contribution in [0.3, 0.4) is 0 Å². The summed E-state index contributed by atoms with van der Waals surface area (Å²) in [6, 6.07) is 19.9. The van der Waals surface area contributed by atoms with Crippen molar-refractivity contribution >= 4 is 33.8 Å². The van der Waals surface area contributed by atoms with Gasteiger partial charge in [0.2, 0.25) is 0 Å². The number of aromatic amines is 1. The van der Waals surface area contributed by atoms with Crippen LogP contribution >= 0.6 is 11.6 Å².